The average molecular weight is 360 g/mol. The van der Waals surface area contributed by atoms with E-state index in [2.05, 4.69) is 28.5 Å². The SMILES string of the molecule is Cc1nc(N2CCCC2)nc(N2C[C@@H](CN3CCCC3)[C@@H](CO)C2)c1C. The van der Waals surface area contributed by atoms with Gasteiger partial charge in [-0.3, -0.25) is 0 Å². The first-order chi connectivity index (χ1) is 12.7. The van der Waals surface area contributed by atoms with Crippen LogP contribution in [-0.4, -0.2) is 72.4 Å². The number of hydrogen-bond acceptors (Lipinski definition) is 6. The molecule has 3 aliphatic heterocycles. The number of aryl methyl sites for hydroxylation is 1. The highest BCUT2D eigenvalue weighted by atomic mass is 16.3. The summed E-state index contributed by atoms with van der Waals surface area (Å²) in [5.74, 6) is 2.86. The molecule has 1 aromatic rings. The number of hydrogen-bond donors (Lipinski definition) is 1. The van der Waals surface area contributed by atoms with Gasteiger partial charge in [-0.05, 0) is 58.5 Å². The van der Waals surface area contributed by atoms with Crippen molar-refractivity contribution >= 4 is 11.8 Å². The fourth-order valence-corrected chi connectivity index (χ4v) is 4.79. The number of aromatic nitrogens is 2. The average Bonchev–Trinajstić information content (AvgIpc) is 3.38. The summed E-state index contributed by atoms with van der Waals surface area (Å²) in [6.07, 6.45) is 5.12. The van der Waals surface area contributed by atoms with E-state index in [0.717, 1.165) is 50.2 Å². The third-order valence-corrected chi connectivity index (χ3v) is 6.54. The van der Waals surface area contributed by atoms with Gasteiger partial charge >= 0.3 is 0 Å². The van der Waals surface area contributed by atoms with Gasteiger partial charge in [0.25, 0.3) is 0 Å². The molecule has 4 heterocycles. The molecule has 0 saturated carbocycles. The van der Waals surface area contributed by atoms with Crippen LogP contribution in [0.3, 0.4) is 0 Å². The number of nitrogens with zero attached hydrogens (tertiary/aromatic N) is 5. The van der Waals surface area contributed by atoms with Crippen LogP contribution in [0.5, 0.6) is 0 Å². The summed E-state index contributed by atoms with van der Waals surface area (Å²) < 4.78 is 0. The van der Waals surface area contributed by atoms with Crippen LogP contribution in [-0.2, 0) is 0 Å². The number of aliphatic hydroxyl groups is 1. The molecule has 6 nitrogen and oxygen atoms in total. The second kappa shape index (κ2) is 7.69. The lowest BCUT2D eigenvalue weighted by Crippen LogP contribution is -2.32. The van der Waals surface area contributed by atoms with Gasteiger partial charge in [0.05, 0.1) is 0 Å². The Balaban J connectivity index is 1.54. The summed E-state index contributed by atoms with van der Waals surface area (Å²) >= 11 is 0. The van der Waals surface area contributed by atoms with Gasteiger partial charge in [0, 0.05) is 56.5 Å². The zero-order chi connectivity index (χ0) is 18.1. The molecule has 0 amide bonds. The quantitative estimate of drug-likeness (QED) is 0.866. The zero-order valence-corrected chi connectivity index (χ0v) is 16.3. The lowest BCUT2D eigenvalue weighted by molar-refractivity contribution is 0.176. The van der Waals surface area contributed by atoms with Crippen molar-refractivity contribution in [2.45, 2.75) is 39.5 Å². The molecular formula is C20H33N5O. The van der Waals surface area contributed by atoms with Gasteiger partial charge in [0.1, 0.15) is 5.82 Å². The lowest BCUT2D eigenvalue weighted by Gasteiger charge is -2.25. The van der Waals surface area contributed by atoms with Crippen LogP contribution in [0.4, 0.5) is 11.8 Å². The van der Waals surface area contributed by atoms with Crippen molar-refractivity contribution in [1.82, 2.24) is 14.9 Å². The Kier molecular flexibility index (Phi) is 5.32. The van der Waals surface area contributed by atoms with Gasteiger partial charge in [0.15, 0.2) is 0 Å². The standard InChI is InChI=1S/C20H33N5O/c1-15-16(2)21-20(24-9-5-6-10-24)22-19(15)25-12-17(18(13-25)14-26)11-23-7-3-4-8-23/h17-18,26H,3-14H2,1-2H3/t17-,18-/m1/s1. The molecule has 0 aliphatic carbocycles. The van der Waals surface area contributed by atoms with Crippen LogP contribution in [0.25, 0.3) is 0 Å². The van der Waals surface area contributed by atoms with Crippen molar-refractivity contribution in [2.75, 3.05) is 62.2 Å². The molecule has 0 bridgehead atoms. The predicted molar refractivity (Wildman–Crippen MR) is 105 cm³/mol. The highest BCUT2D eigenvalue weighted by molar-refractivity contribution is 5.53. The first-order valence-corrected chi connectivity index (χ1v) is 10.3. The van der Waals surface area contributed by atoms with Crippen LogP contribution in [0, 0.1) is 25.7 Å². The van der Waals surface area contributed by atoms with E-state index >= 15 is 0 Å². The summed E-state index contributed by atoms with van der Waals surface area (Å²) in [5, 5.41) is 9.94. The topological polar surface area (TPSA) is 55.7 Å². The summed E-state index contributed by atoms with van der Waals surface area (Å²) in [5.41, 5.74) is 2.27. The number of rotatable bonds is 5. The molecule has 4 rings (SSSR count). The van der Waals surface area contributed by atoms with E-state index in [1.54, 1.807) is 0 Å². The molecule has 0 unspecified atom stereocenters. The monoisotopic (exact) mass is 359 g/mol. The maximum absolute atomic E-state index is 9.94. The largest absolute Gasteiger partial charge is 0.396 e. The second-order valence-electron chi connectivity index (χ2n) is 8.37. The zero-order valence-electron chi connectivity index (χ0n) is 16.3. The van der Waals surface area contributed by atoms with E-state index < -0.39 is 0 Å². The normalized spacial score (nSPS) is 27.0. The van der Waals surface area contributed by atoms with Gasteiger partial charge < -0.3 is 19.8 Å². The molecular weight excluding hydrogens is 326 g/mol. The van der Waals surface area contributed by atoms with Gasteiger partial charge in [0.2, 0.25) is 5.95 Å². The van der Waals surface area contributed by atoms with Crippen molar-refractivity contribution in [2.24, 2.45) is 11.8 Å². The van der Waals surface area contributed by atoms with Crippen LogP contribution in [0.15, 0.2) is 0 Å². The summed E-state index contributed by atoms with van der Waals surface area (Å²) in [6.45, 7) is 12.1. The first-order valence-electron chi connectivity index (χ1n) is 10.3. The van der Waals surface area contributed by atoms with E-state index in [-0.39, 0.29) is 6.61 Å². The number of aliphatic hydroxyl groups excluding tert-OH is 1. The molecule has 0 radical (unpaired) electrons. The lowest BCUT2D eigenvalue weighted by atomic mass is 9.96. The molecule has 144 valence electrons. The minimum Gasteiger partial charge on any atom is -0.396 e. The molecule has 6 heteroatoms. The molecule has 1 aromatic heterocycles. The molecule has 3 fully saturated rings. The predicted octanol–water partition coefficient (Wildman–Crippen LogP) is 1.83. The molecule has 3 aliphatic rings. The molecule has 3 saturated heterocycles. The van der Waals surface area contributed by atoms with Crippen LogP contribution >= 0.6 is 0 Å². The van der Waals surface area contributed by atoms with Gasteiger partial charge in [-0.15, -0.1) is 0 Å². The molecule has 0 aromatic carbocycles. The molecule has 26 heavy (non-hydrogen) atoms. The van der Waals surface area contributed by atoms with E-state index in [0.29, 0.717) is 11.8 Å². The highest BCUT2D eigenvalue weighted by Crippen LogP contribution is 2.32. The first kappa shape index (κ1) is 18.0. The third kappa shape index (κ3) is 3.54. The summed E-state index contributed by atoms with van der Waals surface area (Å²) in [6, 6.07) is 0. The third-order valence-electron chi connectivity index (χ3n) is 6.54. The fourth-order valence-electron chi connectivity index (χ4n) is 4.79. The Morgan fingerprint density at radius 1 is 0.885 bits per heavy atom. The highest BCUT2D eigenvalue weighted by Gasteiger charge is 2.35. The van der Waals surface area contributed by atoms with Crippen molar-refractivity contribution in [1.29, 1.82) is 0 Å². The van der Waals surface area contributed by atoms with Crippen molar-refractivity contribution in [3.63, 3.8) is 0 Å². The summed E-state index contributed by atoms with van der Waals surface area (Å²) in [4.78, 5) is 17.0. The van der Waals surface area contributed by atoms with E-state index in [1.807, 2.05) is 0 Å². The molecule has 2 atom stereocenters. The van der Waals surface area contributed by atoms with Gasteiger partial charge in [-0.1, -0.05) is 0 Å². The Hall–Kier alpha value is -1.40. The summed E-state index contributed by atoms with van der Waals surface area (Å²) in [7, 11) is 0. The Bertz CT molecular complexity index is 625. The van der Waals surface area contributed by atoms with Gasteiger partial charge in [-0.2, -0.15) is 4.98 Å². The van der Waals surface area contributed by atoms with Gasteiger partial charge in [-0.25, -0.2) is 4.98 Å². The maximum atomic E-state index is 9.94. The smallest absolute Gasteiger partial charge is 0.227 e. The van der Waals surface area contributed by atoms with Crippen molar-refractivity contribution < 1.29 is 5.11 Å². The van der Waals surface area contributed by atoms with Crippen LogP contribution < -0.4 is 9.80 Å². The molecule has 1 N–H and O–H groups in total. The number of likely N-dealkylation sites (tertiary alicyclic amines) is 1. The minimum absolute atomic E-state index is 0.275. The van der Waals surface area contributed by atoms with E-state index in [4.69, 9.17) is 9.97 Å². The molecule has 0 spiro atoms. The van der Waals surface area contributed by atoms with Crippen LogP contribution in [0.1, 0.15) is 36.9 Å². The number of anilines is 2. The van der Waals surface area contributed by atoms with E-state index in [9.17, 15) is 5.11 Å². The Morgan fingerprint density at radius 2 is 1.54 bits per heavy atom. The minimum atomic E-state index is 0.275. The fraction of sp³-hybridized carbons (Fsp3) is 0.800. The van der Waals surface area contributed by atoms with Crippen molar-refractivity contribution in [3.8, 4) is 0 Å². The second-order valence-corrected chi connectivity index (χ2v) is 8.37. The van der Waals surface area contributed by atoms with E-state index in [1.165, 1.54) is 44.3 Å². The Morgan fingerprint density at radius 3 is 2.23 bits per heavy atom. The van der Waals surface area contributed by atoms with Crippen molar-refractivity contribution in [3.05, 3.63) is 11.3 Å². The maximum Gasteiger partial charge on any atom is 0.227 e. The van der Waals surface area contributed by atoms with Crippen LogP contribution in [0.2, 0.25) is 0 Å². The Labute approximate surface area is 157 Å².